The first-order valence-electron chi connectivity index (χ1n) is 6.78. The van der Waals surface area contributed by atoms with Crippen molar-refractivity contribution in [3.63, 3.8) is 0 Å². The Morgan fingerprint density at radius 1 is 1.19 bits per heavy atom. The molecule has 0 radical (unpaired) electrons. The second-order valence-electron chi connectivity index (χ2n) is 4.77. The first kappa shape index (κ1) is 13.9. The van der Waals surface area contributed by atoms with Gasteiger partial charge in [0.2, 0.25) is 0 Å². The van der Waals surface area contributed by atoms with E-state index in [1.165, 1.54) is 38.5 Å². The summed E-state index contributed by atoms with van der Waals surface area (Å²) < 4.78 is 5.23. The topological polar surface area (TPSA) is 41.5 Å². The Hall–Kier alpha value is -0.120. The van der Waals surface area contributed by atoms with Crippen molar-refractivity contribution >= 4 is 0 Å². The van der Waals surface area contributed by atoms with Crippen LogP contribution in [0.15, 0.2) is 0 Å². The van der Waals surface area contributed by atoms with Crippen LogP contribution >= 0.6 is 0 Å². The number of rotatable bonds is 7. The molecule has 96 valence electrons. The molecule has 0 saturated heterocycles. The second-order valence-corrected chi connectivity index (χ2v) is 4.77. The van der Waals surface area contributed by atoms with Crippen molar-refractivity contribution in [1.29, 1.82) is 0 Å². The molecule has 0 aromatic rings. The molecule has 16 heavy (non-hydrogen) atoms. The predicted octanol–water partition coefficient (Wildman–Crippen LogP) is 1.94. The third-order valence-corrected chi connectivity index (χ3v) is 3.58. The number of aliphatic hydroxyl groups is 1. The average Bonchev–Trinajstić information content (AvgIpc) is 2.54. The van der Waals surface area contributed by atoms with Crippen LogP contribution in [0.4, 0.5) is 0 Å². The highest BCUT2D eigenvalue weighted by atomic mass is 16.5. The van der Waals surface area contributed by atoms with Crippen LogP contribution in [0, 0.1) is 5.92 Å². The molecule has 3 heteroatoms. The van der Waals surface area contributed by atoms with Gasteiger partial charge in [-0.1, -0.05) is 26.2 Å². The smallest absolute Gasteiger partial charge is 0.0698 e. The van der Waals surface area contributed by atoms with E-state index in [4.69, 9.17) is 9.84 Å². The molecule has 0 heterocycles. The van der Waals surface area contributed by atoms with Gasteiger partial charge in [-0.25, -0.2) is 0 Å². The molecule has 0 aliphatic heterocycles. The molecule has 0 amide bonds. The SMILES string of the molecule is CCC1CCCC(NCCOCCO)CC1. The number of hydrogen-bond acceptors (Lipinski definition) is 3. The van der Waals surface area contributed by atoms with Crippen LogP contribution in [0.1, 0.15) is 45.4 Å². The first-order chi connectivity index (χ1) is 7.86. The molecule has 0 aromatic heterocycles. The maximum absolute atomic E-state index is 8.56. The summed E-state index contributed by atoms with van der Waals surface area (Å²) in [6.45, 7) is 4.53. The normalized spacial score (nSPS) is 26.6. The summed E-state index contributed by atoms with van der Waals surface area (Å²) in [5.41, 5.74) is 0. The van der Waals surface area contributed by atoms with E-state index in [-0.39, 0.29) is 6.61 Å². The Labute approximate surface area is 99.6 Å². The van der Waals surface area contributed by atoms with Gasteiger partial charge < -0.3 is 15.2 Å². The Kier molecular flexibility index (Phi) is 7.81. The van der Waals surface area contributed by atoms with Crippen molar-refractivity contribution in [2.45, 2.75) is 51.5 Å². The Morgan fingerprint density at radius 2 is 2.06 bits per heavy atom. The Morgan fingerprint density at radius 3 is 2.81 bits per heavy atom. The van der Waals surface area contributed by atoms with Crippen molar-refractivity contribution in [3.05, 3.63) is 0 Å². The van der Waals surface area contributed by atoms with Crippen LogP contribution in [0.25, 0.3) is 0 Å². The van der Waals surface area contributed by atoms with Gasteiger partial charge in [0.05, 0.1) is 19.8 Å². The summed E-state index contributed by atoms with van der Waals surface area (Å²) >= 11 is 0. The van der Waals surface area contributed by atoms with E-state index in [1.807, 2.05) is 0 Å². The van der Waals surface area contributed by atoms with Crippen molar-refractivity contribution in [3.8, 4) is 0 Å². The number of aliphatic hydroxyl groups excluding tert-OH is 1. The molecule has 3 nitrogen and oxygen atoms in total. The molecule has 0 spiro atoms. The number of hydrogen-bond donors (Lipinski definition) is 2. The van der Waals surface area contributed by atoms with E-state index in [1.54, 1.807) is 0 Å². The summed E-state index contributed by atoms with van der Waals surface area (Å²) in [6.07, 6.45) is 8.14. The minimum absolute atomic E-state index is 0.127. The van der Waals surface area contributed by atoms with Gasteiger partial charge in [0.15, 0.2) is 0 Å². The highest BCUT2D eigenvalue weighted by Gasteiger charge is 2.16. The molecule has 0 bridgehead atoms. The zero-order valence-electron chi connectivity index (χ0n) is 10.6. The van der Waals surface area contributed by atoms with Crippen molar-refractivity contribution in [2.24, 2.45) is 5.92 Å². The van der Waals surface area contributed by atoms with Crippen LogP contribution in [-0.4, -0.2) is 37.5 Å². The van der Waals surface area contributed by atoms with Gasteiger partial charge in [-0.05, 0) is 25.2 Å². The monoisotopic (exact) mass is 229 g/mol. The fraction of sp³-hybridized carbons (Fsp3) is 1.00. The van der Waals surface area contributed by atoms with Crippen LogP contribution in [0.3, 0.4) is 0 Å². The van der Waals surface area contributed by atoms with E-state index in [0.717, 1.165) is 12.5 Å². The van der Waals surface area contributed by atoms with E-state index in [2.05, 4.69) is 12.2 Å². The maximum atomic E-state index is 8.56. The quantitative estimate of drug-likeness (QED) is 0.518. The van der Waals surface area contributed by atoms with Gasteiger partial charge in [0, 0.05) is 12.6 Å². The minimum Gasteiger partial charge on any atom is -0.394 e. The van der Waals surface area contributed by atoms with Gasteiger partial charge in [-0.3, -0.25) is 0 Å². The third kappa shape index (κ3) is 5.83. The summed E-state index contributed by atoms with van der Waals surface area (Å²) in [4.78, 5) is 0. The van der Waals surface area contributed by atoms with Gasteiger partial charge >= 0.3 is 0 Å². The molecule has 1 rings (SSSR count). The maximum Gasteiger partial charge on any atom is 0.0698 e. The molecule has 1 aliphatic rings. The molecule has 2 N–H and O–H groups in total. The van der Waals surface area contributed by atoms with Gasteiger partial charge in [0.1, 0.15) is 0 Å². The molecule has 1 aliphatic carbocycles. The molecule has 2 unspecified atom stereocenters. The van der Waals surface area contributed by atoms with Crippen molar-refractivity contribution in [1.82, 2.24) is 5.32 Å². The summed E-state index contributed by atoms with van der Waals surface area (Å²) in [6, 6.07) is 0.689. The van der Waals surface area contributed by atoms with Crippen LogP contribution in [-0.2, 0) is 4.74 Å². The van der Waals surface area contributed by atoms with Gasteiger partial charge in [0.25, 0.3) is 0 Å². The van der Waals surface area contributed by atoms with Crippen molar-refractivity contribution < 1.29 is 9.84 Å². The molecular formula is C13H27NO2. The van der Waals surface area contributed by atoms with E-state index >= 15 is 0 Å². The van der Waals surface area contributed by atoms with Crippen LogP contribution in [0.5, 0.6) is 0 Å². The highest BCUT2D eigenvalue weighted by Crippen LogP contribution is 2.25. The molecule has 1 fully saturated rings. The van der Waals surface area contributed by atoms with E-state index in [9.17, 15) is 0 Å². The average molecular weight is 229 g/mol. The summed E-state index contributed by atoms with van der Waals surface area (Å²) in [5.74, 6) is 0.956. The van der Waals surface area contributed by atoms with E-state index < -0.39 is 0 Å². The number of nitrogens with one attached hydrogen (secondary N) is 1. The van der Waals surface area contributed by atoms with Crippen LogP contribution < -0.4 is 5.32 Å². The second kappa shape index (κ2) is 8.97. The van der Waals surface area contributed by atoms with Crippen molar-refractivity contribution in [2.75, 3.05) is 26.4 Å². The minimum atomic E-state index is 0.127. The summed E-state index contributed by atoms with van der Waals surface area (Å²) in [7, 11) is 0. The standard InChI is InChI=1S/C13H27NO2/c1-2-12-4-3-5-13(7-6-12)14-8-10-16-11-9-15/h12-15H,2-11H2,1H3. The fourth-order valence-electron chi connectivity index (χ4n) is 2.49. The Bertz CT molecular complexity index is 164. The number of ether oxygens (including phenoxy) is 1. The first-order valence-corrected chi connectivity index (χ1v) is 6.78. The fourth-order valence-corrected chi connectivity index (χ4v) is 2.49. The molecule has 2 atom stereocenters. The zero-order chi connectivity index (χ0) is 11.6. The lowest BCUT2D eigenvalue weighted by Gasteiger charge is -2.16. The lowest BCUT2D eigenvalue weighted by atomic mass is 9.98. The molecule has 1 saturated carbocycles. The lowest BCUT2D eigenvalue weighted by molar-refractivity contribution is 0.0922. The molecular weight excluding hydrogens is 202 g/mol. The highest BCUT2D eigenvalue weighted by molar-refractivity contribution is 4.74. The van der Waals surface area contributed by atoms with Gasteiger partial charge in [-0.2, -0.15) is 0 Å². The third-order valence-electron chi connectivity index (χ3n) is 3.58. The molecule has 0 aromatic carbocycles. The Balaban J connectivity index is 2.03. The largest absolute Gasteiger partial charge is 0.394 e. The van der Waals surface area contributed by atoms with Gasteiger partial charge in [-0.15, -0.1) is 0 Å². The van der Waals surface area contributed by atoms with Crippen LogP contribution in [0.2, 0.25) is 0 Å². The lowest BCUT2D eigenvalue weighted by Crippen LogP contribution is -2.31. The summed E-state index contributed by atoms with van der Waals surface area (Å²) in [5, 5.41) is 12.1. The predicted molar refractivity (Wildman–Crippen MR) is 66.6 cm³/mol. The zero-order valence-corrected chi connectivity index (χ0v) is 10.6. The van der Waals surface area contributed by atoms with E-state index in [0.29, 0.717) is 19.3 Å².